The standard InChI is InChI=1S/C23H19N3O3/c1-12-10-22(2,3)26-19-14(12)5-4-6-16(19)23(21(26)28)15-8-7-13(27)9-18(15)29-20(25)17(23)11-24/h4-10,27H,25H2,1-3H3/t23-/m0/s1. The molecule has 3 heterocycles. The minimum Gasteiger partial charge on any atom is -0.508 e. The SMILES string of the molecule is CC1=CC(C)(C)N2C(=O)[C@]3(C(C#N)=C(N)Oc4cc(O)ccc43)c3cccc1c32. The molecule has 144 valence electrons. The lowest BCUT2D eigenvalue weighted by molar-refractivity contribution is -0.121. The Bertz CT molecular complexity index is 1230. The highest BCUT2D eigenvalue weighted by molar-refractivity contribution is 6.17. The van der Waals surface area contributed by atoms with Gasteiger partial charge in [-0.2, -0.15) is 5.26 Å². The Morgan fingerprint density at radius 1 is 1.21 bits per heavy atom. The maximum absolute atomic E-state index is 14.2. The van der Waals surface area contributed by atoms with Gasteiger partial charge >= 0.3 is 0 Å². The molecule has 29 heavy (non-hydrogen) atoms. The van der Waals surface area contributed by atoms with Crippen LogP contribution >= 0.6 is 0 Å². The Morgan fingerprint density at radius 3 is 2.69 bits per heavy atom. The maximum atomic E-state index is 14.2. The van der Waals surface area contributed by atoms with Crippen LogP contribution in [-0.4, -0.2) is 16.6 Å². The van der Waals surface area contributed by atoms with Crippen molar-refractivity contribution in [2.45, 2.75) is 31.7 Å². The lowest BCUT2D eigenvalue weighted by Gasteiger charge is -2.40. The van der Waals surface area contributed by atoms with E-state index < -0.39 is 11.0 Å². The van der Waals surface area contributed by atoms with Crippen LogP contribution in [0.2, 0.25) is 0 Å². The molecule has 3 N–H and O–H groups in total. The number of fused-ring (bicyclic) bond motifs is 3. The first kappa shape index (κ1) is 17.4. The van der Waals surface area contributed by atoms with Gasteiger partial charge in [0.25, 0.3) is 0 Å². The molecule has 6 heteroatoms. The van der Waals surface area contributed by atoms with Crippen molar-refractivity contribution in [1.82, 2.24) is 0 Å². The summed E-state index contributed by atoms with van der Waals surface area (Å²) in [4.78, 5) is 15.9. The second kappa shape index (κ2) is 5.21. The summed E-state index contributed by atoms with van der Waals surface area (Å²) in [6.45, 7) is 5.97. The number of ether oxygens (including phenoxy) is 1. The molecule has 5 rings (SSSR count). The van der Waals surface area contributed by atoms with Crippen molar-refractivity contribution in [3.63, 3.8) is 0 Å². The highest BCUT2D eigenvalue weighted by atomic mass is 16.5. The first-order valence-electron chi connectivity index (χ1n) is 9.33. The molecule has 0 aromatic heterocycles. The van der Waals surface area contributed by atoms with E-state index in [1.54, 1.807) is 11.0 Å². The summed E-state index contributed by atoms with van der Waals surface area (Å²) < 4.78 is 5.65. The van der Waals surface area contributed by atoms with E-state index >= 15 is 0 Å². The number of rotatable bonds is 0. The third-order valence-electron chi connectivity index (χ3n) is 6.08. The van der Waals surface area contributed by atoms with Gasteiger partial charge in [-0.25, -0.2) is 0 Å². The number of aromatic hydroxyl groups is 1. The fourth-order valence-corrected chi connectivity index (χ4v) is 5.05. The molecule has 3 aliphatic rings. The number of amides is 1. The third kappa shape index (κ3) is 1.87. The summed E-state index contributed by atoms with van der Waals surface area (Å²) in [6.07, 6.45) is 2.06. The summed E-state index contributed by atoms with van der Waals surface area (Å²) in [5.74, 6) is -0.109. The van der Waals surface area contributed by atoms with E-state index in [1.165, 1.54) is 12.1 Å². The third-order valence-corrected chi connectivity index (χ3v) is 6.08. The molecule has 0 unspecified atom stereocenters. The lowest BCUT2D eigenvalue weighted by atomic mass is 9.68. The van der Waals surface area contributed by atoms with Gasteiger partial charge in [0.1, 0.15) is 28.6 Å². The number of anilines is 1. The van der Waals surface area contributed by atoms with Crippen molar-refractivity contribution in [3.05, 3.63) is 70.6 Å². The van der Waals surface area contributed by atoms with Crippen molar-refractivity contribution in [2.24, 2.45) is 5.73 Å². The van der Waals surface area contributed by atoms with E-state index in [1.807, 2.05) is 39.0 Å². The largest absolute Gasteiger partial charge is 0.508 e. The van der Waals surface area contributed by atoms with Crippen molar-refractivity contribution in [2.75, 3.05) is 4.90 Å². The number of carbonyl (C=O) groups excluding carboxylic acids is 1. The summed E-state index contributed by atoms with van der Waals surface area (Å²) in [5, 5.41) is 20.0. The lowest BCUT2D eigenvalue weighted by Crippen LogP contribution is -2.53. The average molecular weight is 385 g/mol. The molecule has 1 atom stereocenters. The van der Waals surface area contributed by atoms with Gasteiger partial charge in [-0.15, -0.1) is 0 Å². The van der Waals surface area contributed by atoms with Crippen LogP contribution in [0.1, 0.15) is 37.5 Å². The Kier molecular flexibility index (Phi) is 3.12. The molecular weight excluding hydrogens is 366 g/mol. The number of para-hydroxylation sites is 1. The zero-order valence-electron chi connectivity index (χ0n) is 16.3. The smallest absolute Gasteiger partial charge is 0.248 e. The van der Waals surface area contributed by atoms with E-state index in [9.17, 15) is 15.2 Å². The summed E-state index contributed by atoms with van der Waals surface area (Å²) >= 11 is 0. The monoisotopic (exact) mass is 385 g/mol. The van der Waals surface area contributed by atoms with Gasteiger partial charge in [0.15, 0.2) is 0 Å². The van der Waals surface area contributed by atoms with Crippen molar-refractivity contribution in [3.8, 4) is 17.6 Å². The zero-order chi connectivity index (χ0) is 20.7. The van der Waals surface area contributed by atoms with E-state index in [0.29, 0.717) is 11.1 Å². The summed E-state index contributed by atoms with van der Waals surface area (Å²) in [7, 11) is 0. The predicted octanol–water partition coefficient (Wildman–Crippen LogP) is 3.31. The van der Waals surface area contributed by atoms with E-state index in [4.69, 9.17) is 10.5 Å². The Labute approximate surface area is 168 Å². The van der Waals surface area contributed by atoms with Crippen LogP contribution in [0.4, 0.5) is 5.69 Å². The molecule has 0 radical (unpaired) electrons. The number of nitrogens with zero attached hydrogens (tertiary/aromatic N) is 2. The molecular formula is C23H19N3O3. The second-order valence-corrected chi connectivity index (χ2v) is 8.21. The minimum absolute atomic E-state index is 0.00876. The molecule has 2 aromatic carbocycles. The Balaban J connectivity index is 1.97. The van der Waals surface area contributed by atoms with Gasteiger partial charge < -0.3 is 20.5 Å². The maximum Gasteiger partial charge on any atom is 0.248 e. The van der Waals surface area contributed by atoms with Crippen LogP contribution in [0.5, 0.6) is 11.5 Å². The van der Waals surface area contributed by atoms with E-state index in [-0.39, 0.29) is 28.9 Å². The molecule has 0 saturated carbocycles. The summed E-state index contributed by atoms with van der Waals surface area (Å²) in [5.41, 5.74) is 8.23. The van der Waals surface area contributed by atoms with Gasteiger partial charge in [0.05, 0.1) is 11.2 Å². The number of allylic oxidation sites excluding steroid dienone is 1. The highest BCUT2D eigenvalue weighted by Crippen LogP contribution is 2.59. The Morgan fingerprint density at radius 2 is 1.97 bits per heavy atom. The molecule has 3 aliphatic heterocycles. The van der Waals surface area contributed by atoms with Crippen molar-refractivity contribution >= 4 is 17.2 Å². The molecule has 0 fully saturated rings. The molecule has 6 nitrogen and oxygen atoms in total. The zero-order valence-corrected chi connectivity index (χ0v) is 16.3. The number of hydrogen-bond donors (Lipinski definition) is 2. The molecule has 0 aliphatic carbocycles. The number of phenolic OH excluding ortho intramolecular Hbond substituents is 1. The number of carbonyl (C=O) groups is 1. The van der Waals surface area contributed by atoms with E-state index in [2.05, 4.69) is 12.1 Å². The van der Waals surface area contributed by atoms with E-state index in [0.717, 1.165) is 16.8 Å². The van der Waals surface area contributed by atoms with Gasteiger partial charge in [-0.3, -0.25) is 4.79 Å². The first-order valence-corrected chi connectivity index (χ1v) is 9.33. The molecule has 0 saturated heterocycles. The topological polar surface area (TPSA) is 99.6 Å². The van der Waals surface area contributed by atoms with Crippen molar-refractivity contribution < 1.29 is 14.6 Å². The first-order chi connectivity index (χ1) is 13.7. The second-order valence-electron chi connectivity index (χ2n) is 8.21. The summed E-state index contributed by atoms with van der Waals surface area (Å²) in [6, 6.07) is 12.4. The van der Waals surface area contributed by atoms with Crippen LogP contribution in [0.25, 0.3) is 5.57 Å². The predicted molar refractivity (Wildman–Crippen MR) is 108 cm³/mol. The fourth-order valence-electron chi connectivity index (χ4n) is 5.05. The highest BCUT2D eigenvalue weighted by Gasteiger charge is 2.62. The van der Waals surface area contributed by atoms with Gasteiger partial charge in [-0.1, -0.05) is 24.3 Å². The quantitative estimate of drug-likeness (QED) is 0.725. The van der Waals surface area contributed by atoms with Gasteiger partial charge in [0, 0.05) is 22.8 Å². The van der Waals surface area contributed by atoms with Crippen LogP contribution in [0.3, 0.4) is 0 Å². The van der Waals surface area contributed by atoms with Crippen LogP contribution in [0.15, 0.2) is 53.9 Å². The number of phenols is 1. The molecule has 1 spiro atoms. The van der Waals surface area contributed by atoms with Crippen LogP contribution < -0.4 is 15.4 Å². The van der Waals surface area contributed by atoms with Gasteiger partial charge in [-0.05, 0) is 38.5 Å². The molecule has 1 amide bonds. The Hall–Kier alpha value is -3.72. The molecule has 2 aromatic rings. The van der Waals surface area contributed by atoms with Gasteiger partial charge in [0.2, 0.25) is 11.8 Å². The number of hydrogen-bond acceptors (Lipinski definition) is 5. The fraction of sp³-hybridized carbons (Fsp3) is 0.217. The number of benzene rings is 2. The van der Waals surface area contributed by atoms with Crippen LogP contribution in [-0.2, 0) is 10.2 Å². The average Bonchev–Trinajstić information content (AvgIpc) is 2.91. The van der Waals surface area contributed by atoms with Crippen LogP contribution in [0, 0.1) is 11.3 Å². The molecule has 0 bridgehead atoms. The number of nitrogens with two attached hydrogens (primary N) is 1. The van der Waals surface area contributed by atoms with Crippen molar-refractivity contribution in [1.29, 1.82) is 5.26 Å². The normalized spacial score (nSPS) is 23.3. The number of nitriles is 1. The minimum atomic E-state index is -1.42.